The van der Waals surface area contributed by atoms with Crippen LogP contribution in [0.1, 0.15) is 11.6 Å². The molecule has 0 saturated carbocycles. The number of halogens is 2. The number of nitrogens with two attached hydrogens (primary N) is 1. The standard InChI is InChI=1S/C9H11ClFNO/c1-13-5-9(12)7-3-2-6(10)4-8(7)11/h2-4,9H,5,12H2,1H3/t9-/m1/s1. The summed E-state index contributed by atoms with van der Waals surface area (Å²) in [5.74, 6) is -0.392. The van der Waals surface area contributed by atoms with Gasteiger partial charge in [0.2, 0.25) is 0 Å². The van der Waals surface area contributed by atoms with E-state index >= 15 is 0 Å². The van der Waals surface area contributed by atoms with Crippen molar-refractivity contribution in [2.45, 2.75) is 6.04 Å². The van der Waals surface area contributed by atoms with Gasteiger partial charge in [-0.25, -0.2) is 4.39 Å². The van der Waals surface area contributed by atoms with E-state index in [4.69, 9.17) is 22.1 Å². The molecule has 0 unspecified atom stereocenters. The molecule has 1 aromatic carbocycles. The Morgan fingerprint density at radius 1 is 1.62 bits per heavy atom. The van der Waals surface area contributed by atoms with Crippen LogP contribution in [0.4, 0.5) is 4.39 Å². The third-order valence-corrected chi connectivity index (χ3v) is 1.94. The first-order valence-corrected chi connectivity index (χ1v) is 4.22. The van der Waals surface area contributed by atoms with Crippen molar-refractivity contribution in [2.75, 3.05) is 13.7 Å². The van der Waals surface area contributed by atoms with Crippen molar-refractivity contribution < 1.29 is 9.13 Å². The van der Waals surface area contributed by atoms with Crippen LogP contribution in [0.15, 0.2) is 18.2 Å². The highest BCUT2D eigenvalue weighted by atomic mass is 35.5. The molecule has 0 fully saturated rings. The molecule has 0 aliphatic rings. The first kappa shape index (κ1) is 10.4. The zero-order valence-electron chi connectivity index (χ0n) is 7.26. The third kappa shape index (κ3) is 2.66. The SMILES string of the molecule is COC[C@@H](N)c1ccc(Cl)cc1F. The fraction of sp³-hybridized carbons (Fsp3) is 0.333. The van der Waals surface area contributed by atoms with E-state index in [9.17, 15) is 4.39 Å². The summed E-state index contributed by atoms with van der Waals surface area (Å²) >= 11 is 5.59. The van der Waals surface area contributed by atoms with Gasteiger partial charge in [-0.15, -0.1) is 0 Å². The highest BCUT2D eigenvalue weighted by Crippen LogP contribution is 2.19. The lowest BCUT2D eigenvalue weighted by atomic mass is 10.1. The highest BCUT2D eigenvalue weighted by Gasteiger charge is 2.10. The van der Waals surface area contributed by atoms with Crippen molar-refractivity contribution in [3.05, 3.63) is 34.6 Å². The van der Waals surface area contributed by atoms with E-state index in [1.165, 1.54) is 13.2 Å². The minimum absolute atomic E-state index is 0.290. The maximum Gasteiger partial charge on any atom is 0.129 e. The molecule has 0 aromatic heterocycles. The zero-order chi connectivity index (χ0) is 9.84. The van der Waals surface area contributed by atoms with Crippen LogP contribution in [0.5, 0.6) is 0 Å². The quantitative estimate of drug-likeness (QED) is 0.817. The van der Waals surface area contributed by atoms with Crippen LogP contribution in [0.3, 0.4) is 0 Å². The number of methoxy groups -OCH3 is 1. The fourth-order valence-electron chi connectivity index (χ4n) is 1.07. The molecule has 0 aliphatic heterocycles. The van der Waals surface area contributed by atoms with Crippen molar-refractivity contribution >= 4 is 11.6 Å². The van der Waals surface area contributed by atoms with Crippen LogP contribution in [-0.4, -0.2) is 13.7 Å². The van der Waals surface area contributed by atoms with Crippen molar-refractivity contribution in [1.29, 1.82) is 0 Å². The normalized spacial score (nSPS) is 12.9. The van der Waals surface area contributed by atoms with E-state index in [-0.39, 0.29) is 0 Å². The second kappa shape index (κ2) is 4.56. The molecule has 0 saturated heterocycles. The van der Waals surface area contributed by atoms with Crippen LogP contribution in [0.25, 0.3) is 0 Å². The lowest BCUT2D eigenvalue weighted by molar-refractivity contribution is 0.179. The molecule has 0 spiro atoms. The van der Waals surface area contributed by atoms with Crippen LogP contribution < -0.4 is 5.73 Å². The Labute approximate surface area is 81.4 Å². The Morgan fingerprint density at radius 3 is 2.85 bits per heavy atom. The van der Waals surface area contributed by atoms with Crippen molar-refractivity contribution in [1.82, 2.24) is 0 Å². The Bertz CT molecular complexity index is 293. The molecule has 0 amide bonds. The van der Waals surface area contributed by atoms with E-state index in [0.717, 1.165) is 0 Å². The van der Waals surface area contributed by atoms with Gasteiger partial charge in [0.1, 0.15) is 5.82 Å². The summed E-state index contributed by atoms with van der Waals surface area (Å²) in [5, 5.41) is 0.367. The molecule has 2 nitrogen and oxygen atoms in total. The number of benzene rings is 1. The minimum Gasteiger partial charge on any atom is -0.383 e. The third-order valence-electron chi connectivity index (χ3n) is 1.71. The monoisotopic (exact) mass is 203 g/mol. The van der Waals surface area contributed by atoms with Crippen LogP contribution in [0, 0.1) is 5.82 Å². The summed E-state index contributed by atoms with van der Waals surface area (Å²) in [4.78, 5) is 0. The summed E-state index contributed by atoms with van der Waals surface area (Å²) in [7, 11) is 1.52. The van der Waals surface area contributed by atoms with Gasteiger partial charge in [0, 0.05) is 17.7 Å². The molecule has 0 radical (unpaired) electrons. The Balaban J connectivity index is 2.88. The van der Waals surface area contributed by atoms with Gasteiger partial charge in [0.15, 0.2) is 0 Å². The molecule has 1 rings (SSSR count). The fourth-order valence-corrected chi connectivity index (χ4v) is 1.23. The van der Waals surface area contributed by atoms with Crippen molar-refractivity contribution in [2.24, 2.45) is 5.73 Å². The van der Waals surface area contributed by atoms with E-state index in [0.29, 0.717) is 17.2 Å². The average Bonchev–Trinajstić information content (AvgIpc) is 2.04. The van der Waals surface area contributed by atoms with Crippen molar-refractivity contribution in [3.63, 3.8) is 0 Å². The zero-order valence-corrected chi connectivity index (χ0v) is 8.01. The van der Waals surface area contributed by atoms with Gasteiger partial charge in [-0.2, -0.15) is 0 Å². The molecule has 1 atom stereocenters. The van der Waals surface area contributed by atoms with Crippen LogP contribution >= 0.6 is 11.6 Å². The topological polar surface area (TPSA) is 35.2 Å². The van der Waals surface area contributed by atoms with Gasteiger partial charge >= 0.3 is 0 Å². The van der Waals surface area contributed by atoms with Gasteiger partial charge < -0.3 is 10.5 Å². The molecule has 72 valence electrons. The minimum atomic E-state index is -0.442. The summed E-state index contributed by atoms with van der Waals surface area (Å²) < 4.78 is 18.0. The molecule has 4 heteroatoms. The smallest absolute Gasteiger partial charge is 0.129 e. The average molecular weight is 204 g/mol. The molecule has 0 bridgehead atoms. The highest BCUT2D eigenvalue weighted by molar-refractivity contribution is 6.30. The summed E-state index contributed by atoms with van der Waals surface area (Å²) in [5.41, 5.74) is 6.07. The predicted molar refractivity (Wildman–Crippen MR) is 50.2 cm³/mol. The predicted octanol–water partition coefficient (Wildman–Crippen LogP) is 2.13. The second-order valence-electron chi connectivity index (χ2n) is 2.73. The molecule has 13 heavy (non-hydrogen) atoms. The molecular weight excluding hydrogens is 193 g/mol. The number of hydrogen-bond donors (Lipinski definition) is 1. The maximum absolute atomic E-state index is 13.2. The lowest BCUT2D eigenvalue weighted by Gasteiger charge is -2.11. The Hall–Kier alpha value is -0.640. The number of rotatable bonds is 3. The largest absolute Gasteiger partial charge is 0.383 e. The Kier molecular flexibility index (Phi) is 3.66. The van der Waals surface area contributed by atoms with Crippen molar-refractivity contribution in [3.8, 4) is 0 Å². The summed E-state index contributed by atoms with van der Waals surface area (Å²) in [6, 6.07) is 3.98. The van der Waals surface area contributed by atoms with E-state index < -0.39 is 11.9 Å². The van der Waals surface area contributed by atoms with Gasteiger partial charge in [-0.3, -0.25) is 0 Å². The first-order valence-electron chi connectivity index (χ1n) is 3.84. The van der Waals surface area contributed by atoms with E-state index in [2.05, 4.69) is 0 Å². The van der Waals surface area contributed by atoms with E-state index in [1.54, 1.807) is 12.1 Å². The van der Waals surface area contributed by atoms with Gasteiger partial charge in [-0.1, -0.05) is 17.7 Å². The van der Waals surface area contributed by atoms with Gasteiger partial charge in [-0.05, 0) is 12.1 Å². The van der Waals surface area contributed by atoms with Crippen LogP contribution in [0.2, 0.25) is 5.02 Å². The maximum atomic E-state index is 13.2. The molecule has 2 N–H and O–H groups in total. The lowest BCUT2D eigenvalue weighted by Crippen LogP contribution is -2.17. The second-order valence-corrected chi connectivity index (χ2v) is 3.16. The molecule has 0 aliphatic carbocycles. The Morgan fingerprint density at radius 2 is 2.31 bits per heavy atom. The first-order chi connectivity index (χ1) is 6.15. The number of hydrogen-bond acceptors (Lipinski definition) is 2. The molecule has 1 aromatic rings. The van der Waals surface area contributed by atoms with Crippen LogP contribution in [-0.2, 0) is 4.74 Å². The summed E-state index contributed by atoms with van der Waals surface area (Å²) in [6.07, 6.45) is 0. The molecule has 0 heterocycles. The van der Waals surface area contributed by atoms with Gasteiger partial charge in [0.25, 0.3) is 0 Å². The van der Waals surface area contributed by atoms with E-state index in [1.807, 2.05) is 0 Å². The molecular formula is C9H11ClFNO. The summed E-state index contributed by atoms with van der Waals surface area (Å²) in [6.45, 7) is 0.290. The number of ether oxygens (including phenoxy) is 1. The van der Waals surface area contributed by atoms with Gasteiger partial charge in [0.05, 0.1) is 12.6 Å².